The fourth-order valence-electron chi connectivity index (χ4n) is 0.637. The molecule has 0 unspecified atom stereocenters. The molecule has 50 valence electrons. The summed E-state index contributed by atoms with van der Waals surface area (Å²) in [6, 6.07) is 8.48. The van der Waals surface area contributed by atoms with E-state index in [2.05, 4.69) is 40.7 Å². The zero-order valence-corrected chi connectivity index (χ0v) is 8.93. The van der Waals surface area contributed by atoms with E-state index in [9.17, 15) is 0 Å². The molecule has 1 aromatic rings. The van der Waals surface area contributed by atoms with Crippen molar-refractivity contribution in [1.82, 2.24) is 0 Å². The Morgan fingerprint density at radius 2 is 1.10 bits per heavy atom. The van der Waals surface area contributed by atoms with Crippen molar-refractivity contribution in [2.75, 3.05) is 0 Å². The van der Waals surface area contributed by atoms with Gasteiger partial charge < -0.3 is 0 Å². The van der Waals surface area contributed by atoms with Gasteiger partial charge in [-0.25, -0.2) is 0 Å². The SMILES string of the molecule is Cc1ccc(C)cc1.[CH2]=[Ca]. The zero-order valence-electron chi connectivity index (χ0n) is 6.72. The Kier molecular flexibility index (Phi) is 6.30. The molecular weight excluding hydrogens is 148 g/mol. The van der Waals surface area contributed by atoms with Gasteiger partial charge in [0.05, 0.1) is 0 Å². The minimum absolute atomic E-state index is 1.12. The van der Waals surface area contributed by atoms with E-state index in [1.54, 1.807) is 0 Å². The molecule has 0 bridgehead atoms. The third kappa shape index (κ3) is 4.21. The summed E-state index contributed by atoms with van der Waals surface area (Å²) in [6.45, 7) is 4.19. The molecule has 1 aromatic carbocycles. The molecule has 0 aromatic heterocycles. The van der Waals surface area contributed by atoms with Gasteiger partial charge in [0.1, 0.15) is 0 Å². The van der Waals surface area contributed by atoms with E-state index in [1.165, 1.54) is 11.1 Å². The third-order valence-electron chi connectivity index (χ3n) is 1.22. The fourth-order valence-corrected chi connectivity index (χ4v) is 0.637. The third-order valence-corrected chi connectivity index (χ3v) is 1.22. The van der Waals surface area contributed by atoms with Crippen LogP contribution in [0.15, 0.2) is 24.3 Å². The second-order valence-corrected chi connectivity index (χ2v) is 2.15. The van der Waals surface area contributed by atoms with E-state index in [0.29, 0.717) is 0 Å². The second-order valence-electron chi connectivity index (χ2n) is 2.15. The van der Waals surface area contributed by atoms with Gasteiger partial charge in [-0.3, -0.25) is 0 Å². The molecule has 0 atom stereocenters. The molecule has 0 saturated carbocycles. The van der Waals surface area contributed by atoms with Crippen molar-refractivity contribution in [3.05, 3.63) is 35.4 Å². The first-order chi connectivity index (χ1) is 4.79. The summed E-state index contributed by atoms with van der Waals surface area (Å²) < 4.78 is 3.38. The predicted octanol–water partition coefficient (Wildman–Crippen LogP) is 1.89. The fraction of sp³-hybridized carbons (Fsp3) is 0.222. The summed E-state index contributed by atoms with van der Waals surface area (Å²) in [6.07, 6.45) is 0. The molecule has 1 rings (SSSR count). The first kappa shape index (κ1) is 10.3. The van der Waals surface area contributed by atoms with E-state index in [1.807, 2.05) is 0 Å². The predicted molar refractivity (Wildman–Crippen MR) is 48.8 cm³/mol. The molecule has 0 aliphatic heterocycles. The van der Waals surface area contributed by atoms with Crippen molar-refractivity contribution in [1.29, 1.82) is 0 Å². The minimum atomic E-state index is 1.12. The van der Waals surface area contributed by atoms with Crippen LogP contribution in [-0.2, 0) is 0 Å². The summed E-state index contributed by atoms with van der Waals surface area (Å²) in [7, 11) is 0. The first-order valence-corrected chi connectivity index (χ1v) is 4.88. The average Bonchev–Trinajstić information content (AvgIpc) is 2.00. The van der Waals surface area contributed by atoms with Crippen molar-refractivity contribution >= 4 is 37.9 Å². The molecule has 0 nitrogen and oxygen atoms in total. The van der Waals surface area contributed by atoms with Crippen LogP contribution in [0, 0.1) is 13.8 Å². The van der Waals surface area contributed by atoms with Gasteiger partial charge in [-0.2, -0.15) is 0 Å². The van der Waals surface area contributed by atoms with E-state index < -0.39 is 0 Å². The van der Waals surface area contributed by atoms with Gasteiger partial charge in [0.25, 0.3) is 0 Å². The van der Waals surface area contributed by atoms with E-state index >= 15 is 0 Å². The van der Waals surface area contributed by atoms with Gasteiger partial charge in [0.15, 0.2) is 0 Å². The number of aryl methyl sites for hydroxylation is 2. The van der Waals surface area contributed by atoms with Gasteiger partial charge in [0.2, 0.25) is 0 Å². The summed E-state index contributed by atoms with van der Waals surface area (Å²) in [5, 5.41) is 0. The summed E-state index contributed by atoms with van der Waals surface area (Å²) >= 11 is 1.12. The molecule has 1 heteroatoms. The number of rotatable bonds is 0. The Morgan fingerprint density at radius 3 is 1.30 bits per heavy atom. The number of hydrogen-bond acceptors (Lipinski definition) is 0. The molecule has 0 saturated heterocycles. The zero-order chi connectivity index (χ0) is 7.98. The molecule has 0 aliphatic rings. The monoisotopic (exact) mass is 160 g/mol. The van der Waals surface area contributed by atoms with Crippen molar-refractivity contribution in [2.45, 2.75) is 13.8 Å². The van der Waals surface area contributed by atoms with Gasteiger partial charge in [-0.1, -0.05) is 35.4 Å². The van der Waals surface area contributed by atoms with Crippen LogP contribution in [0.5, 0.6) is 0 Å². The van der Waals surface area contributed by atoms with Crippen molar-refractivity contribution in [2.24, 2.45) is 0 Å². The Balaban J connectivity index is 0.000000371. The Hall–Kier alpha value is 0.350. The van der Waals surface area contributed by atoms with E-state index in [4.69, 9.17) is 0 Å². The summed E-state index contributed by atoms with van der Waals surface area (Å²) in [4.78, 5) is 0. The average molecular weight is 160 g/mol. The molecule has 10 heavy (non-hydrogen) atoms. The van der Waals surface area contributed by atoms with Crippen LogP contribution in [0.1, 0.15) is 11.1 Å². The maximum atomic E-state index is 3.38. The van der Waals surface area contributed by atoms with Gasteiger partial charge >= 0.3 is 37.9 Å². The molecule has 0 aliphatic carbocycles. The standard InChI is InChI=1S/C8H10.CH2.Ca/c1-7-3-5-8(2)6-4-7;;/h3-6H,1-2H3;1H2;. The normalized spacial score (nSPS) is 8.00. The quantitative estimate of drug-likeness (QED) is 0.508. The van der Waals surface area contributed by atoms with Crippen LogP contribution in [0.3, 0.4) is 0 Å². The van der Waals surface area contributed by atoms with E-state index in [0.717, 1.165) is 35.3 Å². The van der Waals surface area contributed by atoms with Crippen LogP contribution in [-0.4, -0.2) is 37.9 Å². The number of hydrogen-bond donors (Lipinski definition) is 0. The van der Waals surface area contributed by atoms with Crippen LogP contribution in [0.2, 0.25) is 0 Å². The van der Waals surface area contributed by atoms with Crippen molar-refractivity contribution in [3.8, 4) is 0 Å². The molecule has 0 radical (unpaired) electrons. The molecule has 0 spiro atoms. The molecule has 0 N–H and O–H groups in total. The summed E-state index contributed by atoms with van der Waals surface area (Å²) in [5.74, 6) is 0. The van der Waals surface area contributed by atoms with Crippen LogP contribution in [0.4, 0.5) is 0 Å². The molecular formula is C9H12Ca. The Labute approximate surface area is 86.3 Å². The van der Waals surface area contributed by atoms with Crippen LogP contribution in [0.25, 0.3) is 0 Å². The van der Waals surface area contributed by atoms with Crippen molar-refractivity contribution in [3.63, 3.8) is 0 Å². The van der Waals surface area contributed by atoms with Gasteiger partial charge in [-0.15, -0.1) is 0 Å². The van der Waals surface area contributed by atoms with Gasteiger partial charge in [0, 0.05) is 0 Å². The van der Waals surface area contributed by atoms with E-state index in [-0.39, 0.29) is 0 Å². The Bertz CT molecular complexity index is 155. The maximum absolute atomic E-state index is 3.38. The topological polar surface area (TPSA) is 0 Å². The van der Waals surface area contributed by atoms with Crippen molar-refractivity contribution < 1.29 is 0 Å². The van der Waals surface area contributed by atoms with Gasteiger partial charge in [-0.05, 0) is 13.8 Å². The molecule has 0 amide bonds. The first-order valence-electron chi connectivity index (χ1n) is 3.32. The second kappa shape index (κ2) is 6.09. The van der Waals surface area contributed by atoms with Crippen LogP contribution >= 0.6 is 0 Å². The Morgan fingerprint density at radius 1 is 0.900 bits per heavy atom. The molecule has 0 heterocycles. The number of benzene rings is 1. The molecule has 0 fully saturated rings. The van der Waals surface area contributed by atoms with Crippen LogP contribution < -0.4 is 0 Å². The summed E-state index contributed by atoms with van der Waals surface area (Å²) in [5.41, 5.74) is 2.66.